The Balaban J connectivity index is 1.30. The predicted octanol–water partition coefficient (Wildman–Crippen LogP) is 3.92. The topological polar surface area (TPSA) is 137 Å². The van der Waals surface area contributed by atoms with Crippen LogP contribution in [0.2, 0.25) is 0 Å². The number of aromatic nitrogens is 2. The summed E-state index contributed by atoms with van der Waals surface area (Å²) < 4.78 is 0. The molecule has 0 fully saturated rings. The molecule has 0 atom stereocenters. The quantitative estimate of drug-likeness (QED) is 0.296. The van der Waals surface area contributed by atoms with Crippen molar-refractivity contribution in [2.24, 2.45) is 0 Å². The van der Waals surface area contributed by atoms with Crippen LogP contribution in [0.4, 0.5) is 11.6 Å². The summed E-state index contributed by atoms with van der Waals surface area (Å²) in [6.45, 7) is 0.959. The van der Waals surface area contributed by atoms with Crippen molar-refractivity contribution in [2.75, 3.05) is 31.5 Å². The molecule has 3 amide bonds. The van der Waals surface area contributed by atoms with Gasteiger partial charge in [-0.25, -0.2) is 9.97 Å². The fourth-order valence-electron chi connectivity index (χ4n) is 4.69. The van der Waals surface area contributed by atoms with Gasteiger partial charge >= 0.3 is 0 Å². The molecule has 0 saturated heterocycles. The first-order valence-corrected chi connectivity index (χ1v) is 13.9. The van der Waals surface area contributed by atoms with Gasteiger partial charge in [-0.1, -0.05) is 36.4 Å². The highest BCUT2D eigenvalue weighted by molar-refractivity contribution is 5.96. The molecule has 0 unspecified atom stereocenters. The molecule has 0 spiro atoms. The van der Waals surface area contributed by atoms with E-state index in [0.717, 1.165) is 16.8 Å². The molecular weight excluding hydrogens is 532 g/mol. The number of para-hydroxylation sites is 1. The minimum Gasteiger partial charge on any atom is -0.507 e. The SMILES string of the molecule is O=C1CN(C(=O)c2cnc(Nc3ccccc3)nc2)CCCCNC(=O)c2cccc(c2)-c2cc(ccc2O)CCN1. The van der Waals surface area contributed by atoms with Gasteiger partial charge in [0.2, 0.25) is 11.9 Å². The zero-order valence-electron chi connectivity index (χ0n) is 23.0. The van der Waals surface area contributed by atoms with Crippen molar-refractivity contribution >= 4 is 29.4 Å². The molecule has 2 heterocycles. The van der Waals surface area contributed by atoms with Crippen molar-refractivity contribution in [3.05, 3.63) is 102 Å². The lowest BCUT2D eigenvalue weighted by Crippen LogP contribution is -2.42. The lowest BCUT2D eigenvalue weighted by atomic mass is 9.98. The van der Waals surface area contributed by atoms with Crippen LogP contribution in [-0.2, 0) is 11.2 Å². The number of rotatable bonds is 3. The number of benzene rings is 3. The number of hydrogen-bond acceptors (Lipinski definition) is 7. The first kappa shape index (κ1) is 28.3. The van der Waals surface area contributed by atoms with E-state index in [1.54, 1.807) is 30.3 Å². The summed E-state index contributed by atoms with van der Waals surface area (Å²) in [4.78, 5) is 49.1. The summed E-state index contributed by atoms with van der Waals surface area (Å²) in [6.07, 6.45) is 4.60. The number of hydrogen-bond donors (Lipinski definition) is 4. The fraction of sp³-hybridized carbons (Fsp3) is 0.219. The second-order valence-corrected chi connectivity index (χ2v) is 10.0. The zero-order valence-corrected chi connectivity index (χ0v) is 23.0. The molecule has 0 radical (unpaired) electrons. The standard InChI is InChI=1S/C32H32N6O4/c39-28-12-11-22-13-15-33-29(40)21-38(31(42)25-19-35-32(36-20-25)37-26-9-2-1-3-10-26)16-5-4-14-34-30(41)24-8-6-7-23(18-24)27(28)17-22/h1-3,6-12,17-20,39H,4-5,13-16,21H2,(H,33,40)(H,34,41)(H,35,36,37). The highest BCUT2D eigenvalue weighted by atomic mass is 16.3. The molecule has 10 nitrogen and oxygen atoms in total. The van der Waals surface area contributed by atoms with E-state index < -0.39 is 0 Å². The van der Waals surface area contributed by atoms with Crippen LogP contribution in [0.15, 0.2) is 85.2 Å². The summed E-state index contributed by atoms with van der Waals surface area (Å²) in [5.41, 5.74) is 3.84. The van der Waals surface area contributed by atoms with E-state index in [9.17, 15) is 19.5 Å². The average Bonchev–Trinajstić information content (AvgIpc) is 3.01. The van der Waals surface area contributed by atoms with Gasteiger partial charge in [-0.2, -0.15) is 0 Å². The molecule has 10 heteroatoms. The van der Waals surface area contributed by atoms with Crippen molar-refractivity contribution < 1.29 is 19.5 Å². The molecule has 0 saturated carbocycles. The number of amides is 3. The Morgan fingerprint density at radius 3 is 2.45 bits per heavy atom. The van der Waals surface area contributed by atoms with Crippen molar-refractivity contribution in [3.8, 4) is 16.9 Å². The molecule has 214 valence electrons. The minimum absolute atomic E-state index is 0.108. The number of fused-ring (bicyclic) bond motifs is 5. The molecule has 5 rings (SSSR count). The van der Waals surface area contributed by atoms with Gasteiger partial charge in [-0.3, -0.25) is 14.4 Å². The Morgan fingerprint density at radius 2 is 1.64 bits per heavy atom. The number of aromatic hydroxyl groups is 1. The Hall–Kier alpha value is -5.25. The maximum absolute atomic E-state index is 13.4. The fourth-order valence-corrected chi connectivity index (χ4v) is 4.69. The van der Waals surface area contributed by atoms with E-state index in [-0.39, 0.29) is 35.6 Å². The van der Waals surface area contributed by atoms with E-state index in [1.807, 2.05) is 42.5 Å². The third kappa shape index (κ3) is 7.28. The van der Waals surface area contributed by atoms with E-state index in [0.29, 0.717) is 56.0 Å². The highest BCUT2D eigenvalue weighted by Crippen LogP contribution is 2.31. The van der Waals surface area contributed by atoms with Crippen LogP contribution < -0.4 is 16.0 Å². The van der Waals surface area contributed by atoms with Gasteiger partial charge in [0, 0.05) is 48.8 Å². The van der Waals surface area contributed by atoms with E-state index in [2.05, 4.69) is 25.9 Å². The van der Waals surface area contributed by atoms with Gasteiger partial charge in [0.25, 0.3) is 11.8 Å². The maximum atomic E-state index is 13.4. The molecule has 4 N–H and O–H groups in total. The molecule has 4 aromatic rings. The number of nitrogens with zero attached hydrogens (tertiary/aromatic N) is 3. The van der Waals surface area contributed by atoms with Gasteiger partial charge in [0.05, 0.1) is 12.1 Å². The molecular formula is C32H32N6O4. The molecule has 3 aromatic carbocycles. The lowest BCUT2D eigenvalue weighted by Gasteiger charge is -2.22. The number of nitrogens with one attached hydrogen (secondary N) is 3. The number of phenols is 1. The van der Waals surface area contributed by atoms with Crippen LogP contribution in [-0.4, -0.2) is 63.9 Å². The van der Waals surface area contributed by atoms with Crippen LogP contribution in [0.3, 0.4) is 0 Å². The lowest BCUT2D eigenvalue weighted by molar-refractivity contribution is -0.121. The Kier molecular flexibility index (Phi) is 9.03. The normalized spacial score (nSPS) is 14.6. The zero-order chi connectivity index (χ0) is 29.3. The molecule has 1 aliphatic heterocycles. The van der Waals surface area contributed by atoms with Crippen LogP contribution in [0, 0.1) is 0 Å². The minimum atomic E-state index is -0.352. The van der Waals surface area contributed by atoms with E-state index >= 15 is 0 Å². The van der Waals surface area contributed by atoms with Crippen molar-refractivity contribution in [1.82, 2.24) is 25.5 Å². The van der Waals surface area contributed by atoms with Crippen LogP contribution in [0.25, 0.3) is 11.1 Å². The van der Waals surface area contributed by atoms with Crippen molar-refractivity contribution in [2.45, 2.75) is 19.3 Å². The predicted molar refractivity (Wildman–Crippen MR) is 159 cm³/mol. The average molecular weight is 565 g/mol. The Bertz CT molecular complexity index is 1560. The Labute approximate surface area is 243 Å². The summed E-state index contributed by atoms with van der Waals surface area (Å²) in [5.74, 6) is -0.393. The number of carbonyl (C=O) groups excluding carboxylic acids is 3. The molecule has 42 heavy (non-hydrogen) atoms. The summed E-state index contributed by atoms with van der Waals surface area (Å²) in [6, 6.07) is 21.8. The second-order valence-electron chi connectivity index (χ2n) is 10.0. The van der Waals surface area contributed by atoms with Crippen molar-refractivity contribution in [3.63, 3.8) is 0 Å². The molecule has 1 aromatic heterocycles. The Morgan fingerprint density at radius 1 is 0.857 bits per heavy atom. The van der Waals surface area contributed by atoms with Gasteiger partial charge in [-0.05, 0) is 66.8 Å². The van der Waals surface area contributed by atoms with Gasteiger partial charge in [0.15, 0.2) is 0 Å². The molecule has 4 bridgehead atoms. The van der Waals surface area contributed by atoms with Crippen LogP contribution in [0.5, 0.6) is 5.75 Å². The smallest absolute Gasteiger partial charge is 0.257 e. The summed E-state index contributed by atoms with van der Waals surface area (Å²) in [5, 5.41) is 19.4. The summed E-state index contributed by atoms with van der Waals surface area (Å²) in [7, 11) is 0. The largest absolute Gasteiger partial charge is 0.507 e. The number of carbonyl (C=O) groups is 3. The van der Waals surface area contributed by atoms with Crippen LogP contribution >= 0.6 is 0 Å². The number of anilines is 2. The van der Waals surface area contributed by atoms with Gasteiger partial charge in [-0.15, -0.1) is 0 Å². The number of phenolic OH excluding ortho intramolecular Hbond substituents is 1. The van der Waals surface area contributed by atoms with E-state index in [4.69, 9.17) is 0 Å². The van der Waals surface area contributed by atoms with Crippen molar-refractivity contribution in [1.29, 1.82) is 0 Å². The molecule has 1 aliphatic rings. The third-order valence-corrected chi connectivity index (χ3v) is 6.92. The summed E-state index contributed by atoms with van der Waals surface area (Å²) >= 11 is 0. The van der Waals surface area contributed by atoms with Gasteiger partial charge < -0.3 is 26.0 Å². The second kappa shape index (κ2) is 13.4. The third-order valence-electron chi connectivity index (χ3n) is 6.92. The molecule has 0 aliphatic carbocycles. The van der Waals surface area contributed by atoms with Crippen LogP contribution in [0.1, 0.15) is 39.1 Å². The monoisotopic (exact) mass is 564 g/mol. The highest BCUT2D eigenvalue weighted by Gasteiger charge is 2.20. The van der Waals surface area contributed by atoms with Gasteiger partial charge in [0.1, 0.15) is 5.75 Å². The van der Waals surface area contributed by atoms with E-state index in [1.165, 1.54) is 17.3 Å². The first-order chi connectivity index (χ1) is 20.5. The first-order valence-electron chi connectivity index (χ1n) is 13.9. The maximum Gasteiger partial charge on any atom is 0.257 e.